The van der Waals surface area contributed by atoms with Crippen LogP contribution in [0.25, 0.3) is 21.0 Å². The summed E-state index contributed by atoms with van der Waals surface area (Å²) in [7, 11) is 0. The summed E-state index contributed by atoms with van der Waals surface area (Å²) >= 11 is 1.60. The third-order valence-corrected chi connectivity index (χ3v) is 5.08. The Kier molecular flexibility index (Phi) is 3.80. The molecule has 24 heavy (non-hydrogen) atoms. The van der Waals surface area contributed by atoms with Crippen molar-refractivity contribution < 1.29 is 9.90 Å². The van der Waals surface area contributed by atoms with Crippen molar-refractivity contribution in [3.63, 3.8) is 0 Å². The summed E-state index contributed by atoms with van der Waals surface area (Å²) < 4.78 is 1.13. The molecule has 120 valence electrons. The van der Waals surface area contributed by atoms with E-state index in [0.717, 1.165) is 26.6 Å². The minimum absolute atomic E-state index is 0.176. The highest BCUT2D eigenvalue weighted by atomic mass is 32.1. The number of thiophene rings is 1. The average Bonchev–Trinajstić information content (AvgIpc) is 3.23. The summed E-state index contributed by atoms with van der Waals surface area (Å²) in [5.41, 5.74) is 2.28. The van der Waals surface area contributed by atoms with E-state index in [9.17, 15) is 9.90 Å². The molecular weight excluding hydrogens is 320 g/mol. The van der Waals surface area contributed by atoms with Gasteiger partial charge in [0.15, 0.2) is 0 Å². The molecular formula is C19H16N2O2S. The number of fused-ring (bicyclic) bond motifs is 2. The summed E-state index contributed by atoms with van der Waals surface area (Å²) in [6.07, 6.45) is -0.727. The van der Waals surface area contributed by atoms with Crippen molar-refractivity contribution in [1.82, 2.24) is 10.3 Å². The van der Waals surface area contributed by atoms with E-state index in [1.54, 1.807) is 11.3 Å². The fourth-order valence-corrected chi connectivity index (χ4v) is 3.85. The van der Waals surface area contributed by atoms with Gasteiger partial charge in [0, 0.05) is 27.7 Å². The molecule has 1 unspecified atom stereocenters. The van der Waals surface area contributed by atoms with Crippen LogP contribution in [-0.2, 0) is 0 Å². The van der Waals surface area contributed by atoms with Crippen molar-refractivity contribution in [3.8, 4) is 0 Å². The summed E-state index contributed by atoms with van der Waals surface area (Å²) in [4.78, 5) is 15.4. The zero-order valence-electron chi connectivity index (χ0n) is 12.8. The van der Waals surface area contributed by atoms with Gasteiger partial charge in [-0.3, -0.25) is 4.79 Å². The number of aliphatic hydroxyl groups is 1. The van der Waals surface area contributed by atoms with E-state index in [-0.39, 0.29) is 12.5 Å². The number of rotatable bonds is 4. The third-order valence-electron chi connectivity index (χ3n) is 4.10. The van der Waals surface area contributed by atoms with Crippen LogP contribution in [0.4, 0.5) is 0 Å². The Hall–Kier alpha value is -2.63. The van der Waals surface area contributed by atoms with E-state index < -0.39 is 6.10 Å². The van der Waals surface area contributed by atoms with Crippen LogP contribution in [0.5, 0.6) is 0 Å². The molecule has 4 nitrogen and oxygen atoms in total. The van der Waals surface area contributed by atoms with E-state index >= 15 is 0 Å². The number of para-hydroxylation sites is 1. The molecule has 0 bridgehead atoms. The number of H-pyrrole nitrogens is 1. The summed E-state index contributed by atoms with van der Waals surface area (Å²) in [6, 6.07) is 17.5. The number of benzene rings is 2. The molecule has 2 aromatic heterocycles. The first-order chi connectivity index (χ1) is 11.7. The molecule has 3 N–H and O–H groups in total. The lowest BCUT2D eigenvalue weighted by atomic mass is 10.1. The molecule has 0 saturated heterocycles. The Morgan fingerprint density at radius 1 is 1.17 bits per heavy atom. The maximum absolute atomic E-state index is 12.3. The summed E-state index contributed by atoms with van der Waals surface area (Å²) in [6.45, 7) is 0.176. The third kappa shape index (κ3) is 2.68. The molecule has 0 fully saturated rings. The lowest BCUT2D eigenvalue weighted by molar-refractivity contribution is 0.0913. The van der Waals surface area contributed by atoms with Crippen LogP contribution < -0.4 is 5.32 Å². The summed E-state index contributed by atoms with van der Waals surface area (Å²) in [5.74, 6) is -0.218. The van der Waals surface area contributed by atoms with Gasteiger partial charge in [-0.15, -0.1) is 11.3 Å². The average molecular weight is 336 g/mol. The molecule has 5 heteroatoms. The monoisotopic (exact) mass is 336 g/mol. The molecule has 0 aliphatic carbocycles. The van der Waals surface area contributed by atoms with Gasteiger partial charge in [0.2, 0.25) is 0 Å². The number of hydrogen-bond donors (Lipinski definition) is 3. The van der Waals surface area contributed by atoms with Crippen molar-refractivity contribution in [1.29, 1.82) is 0 Å². The number of carbonyl (C=O) groups is 1. The Labute approximate surface area is 142 Å². The van der Waals surface area contributed by atoms with Crippen LogP contribution in [0.15, 0.2) is 60.0 Å². The highest BCUT2D eigenvalue weighted by molar-refractivity contribution is 7.17. The first-order valence-corrected chi connectivity index (χ1v) is 8.60. The fraction of sp³-hybridized carbons (Fsp3) is 0.105. The molecule has 0 saturated carbocycles. The van der Waals surface area contributed by atoms with Crippen LogP contribution in [0, 0.1) is 0 Å². The van der Waals surface area contributed by atoms with Gasteiger partial charge in [0.1, 0.15) is 5.69 Å². The Bertz CT molecular complexity index is 985. The minimum Gasteiger partial charge on any atom is -0.387 e. The highest BCUT2D eigenvalue weighted by Gasteiger charge is 2.15. The molecule has 1 atom stereocenters. The number of amides is 1. The molecule has 0 aliphatic heterocycles. The number of hydrogen-bond acceptors (Lipinski definition) is 3. The van der Waals surface area contributed by atoms with Crippen LogP contribution in [0.3, 0.4) is 0 Å². The van der Waals surface area contributed by atoms with E-state index in [4.69, 9.17) is 0 Å². The normalized spacial score (nSPS) is 12.5. The van der Waals surface area contributed by atoms with Crippen molar-refractivity contribution in [3.05, 3.63) is 71.2 Å². The zero-order chi connectivity index (χ0) is 16.5. The standard InChI is InChI=1S/C19H16N2O2S/c22-17(14-11-24-18-8-4-2-6-13(14)18)10-20-19(23)16-9-12-5-1-3-7-15(12)21-16/h1-9,11,17,21-22H,10H2,(H,20,23). The van der Waals surface area contributed by atoms with Gasteiger partial charge in [-0.2, -0.15) is 0 Å². The molecule has 0 aliphatic rings. The topological polar surface area (TPSA) is 65.1 Å². The molecule has 1 amide bonds. The first kappa shape index (κ1) is 14.9. The zero-order valence-corrected chi connectivity index (χ0v) is 13.6. The molecule has 4 rings (SSSR count). The Morgan fingerprint density at radius 3 is 2.83 bits per heavy atom. The van der Waals surface area contributed by atoms with Gasteiger partial charge < -0.3 is 15.4 Å². The quantitative estimate of drug-likeness (QED) is 0.530. The van der Waals surface area contributed by atoms with Gasteiger partial charge in [0.05, 0.1) is 6.10 Å². The summed E-state index contributed by atoms with van der Waals surface area (Å²) in [5, 5.41) is 17.2. The molecule has 4 aromatic rings. The SMILES string of the molecule is O=C(NCC(O)c1csc2ccccc12)c1cc2ccccc2[nH]1. The van der Waals surface area contributed by atoms with Gasteiger partial charge in [-0.1, -0.05) is 36.4 Å². The van der Waals surface area contributed by atoms with Crippen LogP contribution >= 0.6 is 11.3 Å². The maximum atomic E-state index is 12.3. The van der Waals surface area contributed by atoms with Crippen LogP contribution in [-0.4, -0.2) is 22.5 Å². The largest absolute Gasteiger partial charge is 0.387 e. The van der Waals surface area contributed by atoms with Crippen molar-refractivity contribution in [2.45, 2.75) is 6.10 Å². The molecule has 2 heterocycles. The molecule has 0 radical (unpaired) electrons. The van der Waals surface area contributed by atoms with Crippen molar-refractivity contribution in [2.24, 2.45) is 0 Å². The highest BCUT2D eigenvalue weighted by Crippen LogP contribution is 2.29. The van der Waals surface area contributed by atoms with Gasteiger partial charge in [-0.25, -0.2) is 0 Å². The van der Waals surface area contributed by atoms with E-state index in [2.05, 4.69) is 10.3 Å². The van der Waals surface area contributed by atoms with Gasteiger partial charge in [-0.05, 0) is 29.0 Å². The van der Waals surface area contributed by atoms with Crippen LogP contribution in [0.2, 0.25) is 0 Å². The number of aromatic nitrogens is 1. The fourth-order valence-electron chi connectivity index (χ4n) is 2.85. The number of aliphatic hydroxyl groups excluding tert-OH is 1. The van der Waals surface area contributed by atoms with Crippen molar-refractivity contribution in [2.75, 3.05) is 6.54 Å². The Balaban J connectivity index is 1.48. The lowest BCUT2D eigenvalue weighted by Crippen LogP contribution is -2.28. The van der Waals surface area contributed by atoms with Crippen molar-refractivity contribution >= 4 is 38.2 Å². The second kappa shape index (κ2) is 6.11. The maximum Gasteiger partial charge on any atom is 0.267 e. The lowest BCUT2D eigenvalue weighted by Gasteiger charge is -2.11. The van der Waals surface area contributed by atoms with E-state index in [1.165, 1.54) is 0 Å². The number of nitrogens with one attached hydrogen (secondary N) is 2. The van der Waals surface area contributed by atoms with Gasteiger partial charge >= 0.3 is 0 Å². The minimum atomic E-state index is -0.727. The Morgan fingerprint density at radius 2 is 1.96 bits per heavy atom. The molecule has 0 spiro atoms. The predicted octanol–water partition coefficient (Wildman–Crippen LogP) is 3.85. The molecule has 2 aromatic carbocycles. The second-order valence-electron chi connectivity index (χ2n) is 5.68. The number of carbonyl (C=O) groups excluding carboxylic acids is 1. The smallest absolute Gasteiger partial charge is 0.267 e. The van der Waals surface area contributed by atoms with E-state index in [0.29, 0.717) is 5.69 Å². The number of aromatic amines is 1. The van der Waals surface area contributed by atoms with E-state index in [1.807, 2.05) is 60.0 Å². The predicted molar refractivity (Wildman–Crippen MR) is 97.4 cm³/mol. The van der Waals surface area contributed by atoms with Gasteiger partial charge in [0.25, 0.3) is 5.91 Å². The second-order valence-corrected chi connectivity index (χ2v) is 6.59. The van der Waals surface area contributed by atoms with Crippen LogP contribution in [0.1, 0.15) is 22.2 Å². The first-order valence-electron chi connectivity index (χ1n) is 7.72.